The highest BCUT2D eigenvalue weighted by molar-refractivity contribution is 7.46. The van der Waals surface area contributed by atoms with E-state index in [4.69, 9.17) is 9.79 Å². The predicted molar refractivity (Wildman–Crippen MR) is 55.4 cm³/mol. The molecule has 0 aliphatic heterocycles. The number of phosphoric acid groups is 1. The number of ketones is 1. The minimum absolute atomic E-state index is 0.258. The average Bonchev–Trinajstić information content (AvgIpc) is 2.25. The first kappa shape index (κ1) is 13.5. The van der Waals surface area contributed by atoms with E-state index < -0.39 is 30.8 Å². The highest BCUT2D eigenvalue weighted by Gasteiger charge is 2.22. The van der Waals surface area contributed by atoms with Gasteiger partial charge in [0.15, 0.2) is 5.78 Å². The van der Waals surface area contributed by atoms with Gasteiger partial charge in [-0.15, -0.1) is 0 Å². The molecule has 1 aromatic carbocycles. The van der Waals surface area contributed by atoms with Crippen LogP contribution in [-0.2, 0) is 9.09 Å². The lowest BCUT2D eigenvalue weighted by Crippen LogP contribution is -2.10. The first-order chi connectivity index (χ1) is 7.81. The van der Waals surface area contributed by atoms with E-state index in [1.807, 2.05) is 0 Å². The summed E-state index contributed by atoms with van der Waals surface area (Å²) < 4.78 is 14.3. The molecule has 92 valence electrons. The van der Waals surface area contributed by atoms with Gasteiger partial charge in [0.05, 0.1) is 10.5 Å². The summed E-state index contributed by atoms with van der Waals surface area (Å²) in [5.41, 5.74) is -0.697. The topological polar surface area (TPSA) is 127 Å². The fraction of sp³-hybridized carbons (Fsp3) is 0.125. The van der Waals surface area contributed by atoms with Crippen molar-refractivity contribution < 1.29 is 28.6 Å². The zero-order chi connectivity index (χ0) is 13.1. The van der Waals surface area contributed by atoms with E-state index in [2.05, 4.69) is 4.52 Å². The van der Waals surface area contributed by atoms with Crippen LogP contribution in [0.4, 0.5) is 5.69 Å². The van der Waals surface area contributed by atoms with Crippen molar-refractivity contribution in [1.82, 2.24) is 0 Å². The molecule has 0 saturated heterocycles. The summed E-state index contributed by atoms with van der Waals surface area (Å²) in [6, 6.07) is 5.07. The van der Waals surface area contributed by atoms with Gasteiger partial charge in [0, 0.05) is 6.07 Å². The van der Waals surface area contributed by atoms with Crippen LogP contribution in [0.2, 0.25) is 0 Å². The number of phosphoric ester groups is 1. The molecule has 0 amide bonds. The monoisotopic (exact) mass is 261 g/mol. The van der Waals surface area contributed by atoms with Gasteiger partial charge in [0.2, 0.25) is 0 Å². The number of nitrogens with zero attached hydrogens (tertiary/aromatic N) is 1. The van der Waals surface area contributed by atoms with Crippen LogP contribution in [0.25, 0.3) is 0 Å². The number of nitro benzene ring substituents is 1. The molecule has 8 nitrogen and oxygen atoms in total. The van der Waals surface area contributed by atoms with Gasteiger partial charge in [0.25, 0.3) is 5.69 Å². The normalized spacial score (nSPS) is 11.2. The molecular weight excluding hydrogens is 253 g/mol. The van der Waals surface area contributed by atoms with Gasteiger partial charge < -0.3 is 9.79 Å². The van der Waals surface area contributed by atoms with Crippen molar-refractivity contribution in [2.45, 2.75) is 0 Å². The number of benzene rings is 1. The van der Waals surface area contributed by atoms with Gasteiger partial charge in [-0.1, -0.05) is 12.1 Å². The van der Waals surface area contributed by atoms with Crippen LogP contribution in [0, 0.1) is 10.1 Å². The molecule has 1 rings (SSSR count). The molecule has 0 aliphatic rings. The Morgan fingerprint density at radius 1 is 1.41 bits per heavy atom. The number of nitro groups is 1. The molecule has 0 aliphatic carbocycles. The Bertz CT molecular complexity index is 494. The van der Waals surface area contributed by atoms with Crippen molar-refractivity contribution in [3.8, 4) is 0 Å². The quantitative estimate of drug-likeness (QED) is 0.348. The minimum atomic E-state index is -4.77. The third-order valence-electron chi connectivity index (χ3n) is 1.76. The Morgan fingerprint density at radius 2 is 2.00 bits per heavy atom. The molecule has 9 heteroatoms. The summed E-state index contributed by atoms with van der Waals surface area (Å²) in [6.07, 6.45) is 0. The maximum Gasteiger partial charge on any atom is 0.470 e. The molecule has 0 unspecified atom stereocenters. The van der Waals surface area contributed by atoms with E-state index in [0.29, 0.717) is 0 Å². The lowest BCUT2D eigenvalue weighted by Gasteiger charge is -2.04. The number of carbonyl (C=O) groups is 1. The second kappa shape index (κ2) is 5.15. The van der Waals surface area contributed by atoms with Gasteiger partial charge in [-0.3, -0.25) is 19.4 Å². The lowest BCUT2D eigenvalue weighted by atomic mass is 10.1. The van der Waals surface area contributed by atoms with E-state index in [1.165, 1.54) is 18.2 Å². The molecule has 0 saturated carbocycles. The van der Waals surface area contributed by atoms with Crippen LogP contribution in [0.5, 0.6) is 0 Å². The zero-order valence-corrected chi connectivity index (χ0v) is 9.24. The second-order valence-corrected chi connectivity index (χ2v) is 4.20. The average molecular weight is 261 g/mol. The smallest absolute Gasteiger partial charge is 0.303 e. The van der Waals surface area contributed by atoms with Crippen molar-refractivity contribution >= 4 is 19.3 Å². The summed E-state index contributed by atoms with van der Waals surface area (Å²) in [7, 11) is -4.77. The molecule has 1 aromatic rings. The Labute approximate surface area is 95.2 Å². The van der Waals surface area contributed by atoms with Crippen molar-refractivity contribution in [2.75, 3.05) is 6.61 Å². The molecule has 2 N–H and O–H groups in total. The van der Waals surface area contributed by atoms with Crippen molar-refractivity contribution in [3.63, 3.8) is 0 Å². The molecule has 17 heavy (non-hydrogen) atoms. The number of hydrogen-bond donors (Lipinski definition) is 2. The summed E-state index contributed by atoms with van der Waals surface area (Å²) in [4.78, 5) is 38.1. The Morgan fingerprint density at radius 3 is 2.53 bits per heavy atom. The number of hydrogen-bond acceptors (Lipinski definition) is 5. The third-order valence-corrected chi connectivity index (χ3v) is 2.23. The van der Waals surface area contributed by atoms with E-state index >= 15 is 0 Å². The summed E-state index contributed by atoms with van der Waals surface area (Å²) in [5, 5.41) is 10.6. The largest absolute Gasteiger partial charge is 0.470 e. The SMILES string of the molecule is O=C(COP(=O)(O)O)c1ccccc1[N+](=O)[O-]. The lowest BCUT2D eigenvalue weighted by molar-refractivity contribution is -0.385. The second-order valence-electron chi connectivity index (χ2n) is 2.96. The fourth-order valence-corrected chi connectivity index (χ4v) is 1.37. The summed E-state index contributed by atoms with van der Waals surface area (Å²) >= 11 is 0. The van der Waals surface area contributed by atoms with Gasteiger partial charge in [-0.05, 0) is 6.07 Å². The number of Topliss-reactive ketones (excluding diaryl/α,β-unsaturated/α-hetero) is 1. The van der Waals surface area contributed by atoms with Gasteiger partial charge in [0.1, 0.15) is 6.61 Å². The molecule has 0 spiro atoms. The maximum absolute atomic E-state index is 11.4. The molecule has 0 radical (unpaired) electrons. The summed E-state index contributed by atoms with van der Waals surface area (Å²) in [6.45, 7) is -0.921. The molecule has 0 fully saturated rings. The molecule has 0 bridgehead atoms. The van der Waals surface area contributed by atoms with E-state index in [0.717, 1.165) is 6.07 Å². The van der Waals surface area contributed by atoms with Crippen LogP contribution >= 0.6 is 7.82 Å². The number of carbonyl (C=O) groups excluding carboxylic acids is 1. The van der Waals surface area contributed by atoms with Crippen LogP contribution in [-0.4, -0.2) is 27.1 Å². The first-order valence-corrected chi connectivity index (χ1v) is 5.81. The van der Waals surface area contributed by atoms with E-state index in [9.17, 15) is 19.5 Å². The maximum atomic E-state index is 11.4. The Hall–Kier alpha value is -1.60. The van der Waals surface area contributed by atoms with Gasteiger partial charge in [-0.25, -0.2) is 4.57 Å². The van der Waals surface area contributed by atoms with Crippen LogP contribution < -0.4 is 0 Å². The molecule has 0 aromatic heterocycles. The Balaban J connectivity index is 2.90. The molecule has 0 heterocycles. The fourth-order valence-electron chi connectivity index (χ4n) is 1.09. The number of para-hydroxylation sites is 1. The van der Waals surface area contributed by atoms with Crippen LogP contribution in [0.3, 0.4) is 0 Å². The van der Waals surface area contributed by atoms with Crippen molar-refractivity contribution in [3.05, 3.63) is 39.9 Å². The third kappa shape index (κ3) is 4.04. The number of rotatable bonds is 5. The highest BCUT2D eigenvalue weighted by Crippen LogP contribution is 2.35. The zero-order valence-electron chi connectivity index (χ0n) is 8.35. The van der Waals surface area contributed by atoms with Crippen molar-refractivity contribution in [1.29, 1.82) is 0 Å². The molecular formula is C8H8NO7P. The van der Waals surface area contributed by atoms with Crippen molar-refractivity contribution in [2.24, 2.45) is 0 Å². The van der Waals surface area contributed by atoms with E-state index in [1.54, 1.807) is 0 Å². The summed E-state index contributed by atoms with van der Waals surface area (Å²) in [5.74, 6) is -0.874. The van der Waals surface area contributed by atoms with Gasteiger partial charge >= 0.3 is 7.82 Å². The molecule has 0 atom stereocenters. The van der Waals surface area contributed by atoms with E-state index in [-0.39, 0.29) is 5.56 Å². The van der Waals surface area contributed by atoms with Crippen LogP contribution in [0.15, 0.2) is 24.3 Å². The first-order valence-electron chi connectivity index (χ1n) is 4.28. The minimum Gasteiger partial charge on any atom is -0.303 e. The van der Waals surface area contributed by atoms with Gasteiger partial charge in [-0.2, -0.15) is 0 Å². The van der Waals surface area contributed by atoms with Crippen LogP contribution in [0.1, 0.15) is 10.4 Å². The Kier molecular flexibility index (Phi) is 4.08. The standard InChI is InChI=1S/C8H8NO7P/c10-8(5-16-17(13,14)15)6-3-1-2-4-7(6)9(11)12/h1-4H,5H2,(H2,13,14,15). The highest BCUT2D eigenvalue weighted by atomic mass is 31.2. The predicted octanol–water partition coefficient (Wildman–Crippen LogP) is 0.887.